The third-order valence-electron chi connectivity index (χ3n) is 5.72. The van der Waals surface area contributed by atoms with Gasteiger partial charge in [0.15, 0.2) is 0 Å². The number of hydrogen-bond acceptors (Lipinski definition) is 3. The molecule has 1 aliphatic rings. The number of alkyl halides is 3. The first kappa shape index (κ1) is 23.5. The van der Waals surface area contributed by atoms with Gasteiger partial charge in [0.1, 0.15) is 0 Å². The minimum atomic E-state index is -4.64. The summed E-state index contributed by atoms with van der Waals surface area (Å²) in [5.74, 6) is -0.966. The van der Waals surface area contributed by atoms with E-state index in [1.165, 1.54) is 10.4 Å². The molecule has 1 saturated heterocycles. The second-order valence-electron chi connectivity index (χ2n) is 7.87. The van der Waals surface area contributed by atoms with Crippen molar-refractivity contribution in [3.63, 3.8) is 0 Å². The van der Waals surface area contributed by atoms with Crippen LogP contribution in [-0.4, -0.2) is 31.7 Å². The van der Waals surface area contributed by atoms with Crippen LogP contribution in [-0.2, 0) is 21.0 Å². The number of nitrogens with one attached hydrogen (secondary N) is 1. The number of rotatable bonds is 4. The van der Waals surface area contributed by atoms with Gasteiger partial charge in [-0.2, -0.15) is 17.5 Å². The van der Waals surface area contributed by atoms with Gasteiger partial charge in [0, 0.05) is 24.7 Å². The summed E-state index contributed by atoms with van der Waals surface area (Å²) in [5, 5.41) is 3.79. The summed E-state index contributed by atoms with van der Waals surface area (Å²) in [6.45, 7) is 0.281. The fraction of sp³-hybridized carbons (Fsp3) is 0.261. The molecule has 1 N–H and O–H groups in total. The van der Waals surface area contributed by atoms with Crippen molar-refractivity contribution < 1.29 is 26.4 Å². The van der Waals surface area contributed by atoms with Crippen LogP contribution in [0.5, 0.6) is 0 Å². The first-order valence-electron chi connectivity index (χ1n) is 10.2. The van der Waals surface area contributed by atoms with E-state index in [0.29, 0.717) is 0 Å². The van der Waals surface area contributed by atoms with Crippen LogP contribution in [0.1, 0.15) is 18.4 Å². The fourth-order valence-corrected chi connectivity index (χ4v) is 5.63. The van der Waals surface area contributed by atoms with Crippen LogP contribution in [0.15, 0.2) is 65.6 Å². The van der Waals surface area contributed by atoms with E-state index in [4.69, 9.17) is 11.6 Å². The Morgan fingerprint density at radius 1 is 0.970 bits per heavy atom. The van der Waals surface area contributed by atoms with Gasteiger partial charge in [0.25, 0.3) is 0 Å². The van der Waals surface area contributed by atoms with Crippen LogP contribution in [0.2, 0.25) is 5.02 Å². The van der Waals surface area contributed by atoms with E-state index in [2.05, 4.69) is 5.32 Å². The average molecular weight is 497 g/mol. The number of benzene rings is 3. The van der Waals surface area contributed by atoms with Crippen LogP contribution in [0.25, 0.3) is 10.8 Å². The van der Waals surface area contributed by atoms with Crippen molar-refractivity contribution in [1.29, 1.82) is 0 Å². The molecular weight excluding hydrogens is 477 g/mol. The molecule has 0 aliphatic carbocycles. The molecule has 0 radical (unpaired) electrons. The second-order valence-corrected chi connectivity index (χ2v) is 10.2. The quantitative estimate of drug-likeness (QED) is 0.515. The Balaban J connectivity index is 1.42. The molecular formula is C23H20ClF3N2O3S. The maximum Gasteiger partial charge on any atom is 0.417 e. The number of piperidine rings is 1. The number of hydrogen-bond donors (Lipinski definition) is 1. The largest absolute Gasteiger partial charge is 0.417 e. The molecule has 5 nitrogen and oxygen atoms in total. The molecule has 174 valence electrons. The zero-order valence-electron chi connectivity index (χ0n) is 17.3. The first-order chi connectivity index (χ1) is 15.6. The van der Waals surface area contributed by atoms with Gasteiger partial charge in [0.05, 0.1) is 15.5 Å². The van der Waals surface area contributed by atoms with Gasteiger partial charge < -0.3 is 5.32 Å². The highest BCUT2D eigenvalue weighted by Gasteiger charge is 2.35. The van der Waals surface area contributed by atoms with Crippen molar-refractivity contribution in [3.05, 3.63) is 71.2 Å². The zero-order valence-corrected chi connectivity index (χ0v) is 18.8. The van der Waals surface area contributed by atoms with Crippen LogP contribution in [0, 0.1) is 5.92 Å². The lowest BCUT2D eigenvalue weighted by Crippen LogP contribution is -2.41. The molecule has 3 aromatic carbocycles. The predicted octanol–water partition coefficient (Wildman–Crippen LogP) is 5.55. The van der Waals surface area contributed by atoms with Crippen LogP contribution in [0.4, 0.5) is 18.9 Å². The van der Waals surface area contributed by atoms with Gasteiger partial charge in [-0.25, -0.2) is 8.42 Å². The fourth-order valence-electron chi connectivity index (χ4n) is 3.90. The zero-order chi connectivity index (χ0) is 23.8. The lowest BCUT2D eigenvalue weighted by Gasteiger charge is -2.30. The van der Waals surface area contributed by atoms with Crippen LogP contribution >= 0.6 is 11.6 Å². The lowest BCUT2D eigenvalue weighted by atomic mass is 9.97. The van der Waals surface area contributed by atoms with E-state index in [1.54, 1.807) is 18.2 Å². The summed E-state index contributed by atoms with van der Waals surface area (Å²) < 4.78 is 66.6. The van der Waals surface area contributed by atoms with Gasteiger partial charge in [-0.15, -0.1) is 0 Å². The summed E-state index contributed by atoms with van der Waals surface area (Å²) in [4.78, 5) is 12.8. The molecule has 4 rings (SSSR count). The molecule has 1 fully saturated rings. The Bertz CT molecular complexity index is 1300. The molecule has 0 aromatic heterocycles. The number of amides is 1. The van der Waals surface area contributed by atoms with E-state index in [-0.39, 0.29) is 36.5 Å². The van der Waals surface area contributed by atoms with Crippen molar-refractivity contribution in [2.75, 3.05) is 18.4 Å². The highest BCUT2D eigenvalue weighted by Crippen LogP contribution is 2.36. The summed E-state index contributed by atoms with van der Waals surface area (Å²) in [7, 11) is -3.73. The van der Waals surface area contributed by atoms with Gasteiger partial charge in [-0.3, -0.25) is 4.79 Å². The van der Waals surface area contributed by atoms with Crippen molar-refractivity contribution in [3.8, 4) is 0 Å². The average Bonchev–Trinajstić information content (AvgIpc) is 2.79. The highest BCUT2D eigenvalue weighted by molar-refractivity contribution is 7.89. The van der Waals surface area contributed by atoms with Crippen molar-refractivity contribution in [2.24, 2.45) is 5.92 Å². The minimum absolute atomic E-state index is 0.0112. The Hall–Kier alpha value is -2.62. The molecule has 0 spiro atoms. The van der Waals surface area contributed by atoms with Crippen LogP contribution < -0.4 is 5.32 Å². The number of fused-ring (bicyclic) bond motifs is 1. The van der Waals surface area contributed by atoms with E-state index < -0.39 is 38.6 Å². The van der Waals surface area contributed by atoms with E-state index >= 15 is 0 Å². The van der Waals surface area contributed by atoms with Gasteiger partial charge in [0.2, 0.25) is 15.9 Å². The Labute approximate surface area is 194 Å². The Morgan fingerprint density at radius 3 is 2.30 bits per heavy atom. The second kappa shape index (κ2) is 8.96. The number of carbonyl (C=O) groups is 1. The molecule has 0 atom stereocenters. The normalized spacial score (nSPS) is 16.1. The number of nitrogens with zero attached hydrogens (tertiary/aromatic N) is 1. The van der Waals surface area contributed by atoms with Crippen molar-refractivity contribution in [1.82, 2.24) is 4.31 Å². The molecule has 0 unspecified atom stereocenters. The summed E-state index contributed by atoms with van der Waals surface area (Å²) in [6, 6.07) is 15.6. The van der Waals surface area contributed by atoms with Gasteiger partial charge >= 0.3 is 6.18 Å². The first-order valence-corrected chi connectivity index (χ1v) is 12.0. The molecule has 0 bridgehead atoms. The van der Waals surface area contributed by atoms with Gasteiger partial charge in [-0.05, 0) is 53.9 Å². The smallest absolute Gasteiger partial charge is 0.326 e. The number of halogens is 4. The van der Waals surface area contributed by atoms with E-state index in [1.807, 2.05) is 24.3 Å². The third-order valence-corrected chi connectivity index (χ3v) is 7.95. The molecule has 33 heavy (non-hydrogen) atoms. The summed E-state index contributed by atoms with van der Waals surface area (Å²) >= 11 is 5.61. The molecule has 1 aliphatic heterocycles. The predicted molar refractivity (Wildman–Crippen MR) is 121 cm³/mol. The third kappa shape index (κ3) is 5.00. The Kier molecular flexibility index (Phi) is 6.39. The standard InChI is InChI=1S/C23H20ClF3N2O3S/c24-21-8-6-18(14-20(21)23(25,26)27)28-22(30)16-9-11-29(12-10-16)33(31,32)19-7-5-15-3-1-2-4-17(15)13-19/h1-8,13-14,16H,9-12H2,(H,28,30). The Morgan fingerprint density at radius 2 is 1.64 bits per heavy atom. The monoisotopic (exact) mass is 496 g/mol. The highest BCUT2D eigenvalue weighted by atomic mass is 35.5. The maximum atomic E-state index is 13.1. The van der Waals surface area contributed by atoms with E-state index in [0.717, 1.165) is 22.9 Å². The number of carbonyl (C=O) groups excluding carboxylic acids is 1. The lowest BCUT2D eigenvalue weighted by molar-refractivity contribution is -0.137. The maximum absolute atomic E-state index is 13.1. The van der Waals surface area contributed by atoms with Crippen molar-refractivity contribution >= 4 is 44.0 Å². The van der Waals surface area contributed by atoms with Crippen LogP contribution in [0.3, 0.4) is 0 Å². The number of anilines is 1. The topological polar surface area (TPSA) is 66.5 Å². The SMILES string of the molecule is O=C(Nc1ccc(Cl)c(C(F)(F)F)c1)C1CCN(S(=O)(=O)c2ccc3ccccc3c2)CC1. The summed E-state index contributed by atoms with van der Waals surface area (Å²) in [6.07, 6.45) is -4.11. The van der Waals surface area contributed by atoms with Gasteiger partial charge in [-0.1, -0.05) is 41.9 Å². The van der Waals surface area contributed by atoms with E-state index in [9.17, 15) is 26.4 Å². The molecule has 3 aromatic rings. The molecule has 1 amide bonds. The molecule has 1 heterocycles. The number of sulfonamides is 1. The molecule has 0 saturated carbocycles. The minimum Gasteiger partial charge on any atom is -0.326 e. The summed E-state index contributed by atoms with van der Waals surface area (Å²) in [5.41, 5.74) is -1.04. The van der Waals surface area contributed by atoms with Crippen molar-refractivity contribution in [2.45, 2.75) is 23.9 Å². The molecule has 10 heteroatoms.